The highest BCUT2D eigenvalue weighted by Crippen LogP contribution is 2.37. The van der Waals surface area contributed by atoms with Gasteiger partial charge in [0.05, 0.1) is 4.83 Å². The van der Waals surface area contributed by atoms with Gasteiger partial charge in [0.2, 0.25) is 5.89 Å². The zero-order valence-electron chi connectivity index (χ0n) is 10.3. The van der Waals surface area contributed by atoms with E-state index in [1.165, 1.54) is 11.1 Å². The summed E-state index contributed by atoms with van der Waals surface area (Å²) < 4.78 is 5.34. The molecule has 2 aromatic rings. The number of aromatic nitrogens is 2. The summed E-state index contributed by atoms with van der Waals surface area (Å²) in [5.41, 5.74) is 2.77. The van der Waals surface area contributed by atoms with Crippen LogP contribution in [0.15, 0.2) is 28.8 Å². The lowest BCUT2D eigenvalue weighted by Crippen LogP contribution is -1.99. The van der Waals surface area contributed by atoms with Gasteiger partial charge in [0.25, 0.3) is 0 Å². The third kappa shape index (κ3) is 1.99. The number of alkyl halides is 1. The molecule has 4 heteroatoms. The lowest BCUT2D eigenvalue weighted by atomic mass is 10.0. The first-order valence-electron chi connectivity index (χ1n) is 6.35. The van der Waals surface area contributed by atoms with Gasteiger partial charge in [-0.2, -0.15) is 4.98 Å². The number of aryl methyl sites for hydroxylation is 1. The van der Waals surface area contributed by atoms with E-state index in [1.54, 1.807) is 0 Å². The van der Waals surface area contributed by atoms with Crippen LogP contribution in [0.1, 0.15) is 53.4 Å². The molecule has 1 aromatic heterocycles. The van der Waals surface area contributed by atoms with Crippen LogP contribution in [0, 0.1) is 0 Å². The van der Waals surface area contributed by atoms with Gasteiger partial charge in [-0.05, 0) is 30.4 Å². The smallest absolute Gasteiger partial charge is 0.240 e. The van der Waals surface area contributed by atoms with Crippen LogP contribution in [0.4, 0.5) is 0 Å². The van der Waals surface area contributed by atoms with Gasteiger partial charge >= 0.3 is 0 Å². The Hall–Kier alpha value is -1.16. The van der Waals surface area contributed by atoms with E-state index in [0.717, 1.165) is 25.1 Å². The second-order valence-corrected chi connectivity index (χ2v) is 5.76. The van der Waals surface area contributed by atoms with Crippen LogP contribution in [0.5, 0.6) is 0 Å². The standard InChI is InChI=1S/C14H15BrN2O/c1-2-12(15)14-16-13(17-18-14)11-8-7-9-5-3-4-6-10(9)11/h3-6,11-12H,2,7-8H2,1H3. The molecule has 1 aliphatic rings. The minimum atomic E-state index is 0.162. The zero-order valence-corrected chi connectivity index (χ0v) is 11.9. The molecule has 18 heavy (non-hydrogen) atoms. The van der Waals surface area contributed by atoms with E-state index in [4.69, 9.17) is 4.52 Å². The van der Waals surface area contributed by atoms with Gasteiger partial charge in [-0.15, -0.1) is 0 Å². The number of benzene rings is 1. The van der Waals surface area contributed by atoms with Crippen LogP contribution in [-0.4, -0.2) is 10.1 Å². The molecule has 1 aromatic carbocycles. The second kappa shape index (κ2) is 4.84. The number of fused-ring (bicyclic) bond motifs is 1. The zero-order chi connectivity index (χ0) is 12.5. The molecule has 0 spiro atoms. The van der Waals surface area contributed by atoms with Gasteiger partial charge in [-0.1, -0.05) is 52.3 Å². The topological polar surface area (TPSA) is 38.9 Å². The van der Waals surface area contributed by atoms with E-state index in [2.05, 4.69) is 57.3 Å². The average Bonchev–Trinajstić information content (AvgIpc) is 3.03. The van der Waals surface area contributed by atoms with Crippen LogP contribution in [0.25, 0.3) is 0 Å². The molecule has 0 bridgehead atoms. The molecule has 0 aliphatic heterocycles. The SMILES string of the molecule is CCC(Br)c1nc(C2CCc3ccccc32)no1. The highest BCUT2D eigenvalue weighted by atomic mass is 79.9. The quantitative estimate of drug-likeness (QED) is 0.805. The summed E-state index contributed by atoms with van der Waals surface area (Å²) in [7, 11) is 0. The van der Waals surface area contributed by atoms with Crippen molar-refractivity contribution in [2.75, 3.05) is 0 Å². The molecule has 1 aliphatic carbocycles. The fraction of sp³-hybridized carbons (Fsp3) is 0.429. The number of rotatable bonds is 3. The summed E-state index contributed by atoms with van der Waals surface area (Å²) in [6.07, 6.45) is 3.14. The minimum absolute atomic E-state index is 0.162. The molecule has 0 saturated heterocycles. The number of nitrogens with zero attached hydrogens (tertiary/aromatic N) is 2. The largest absolute Gasteiger partial charge is 0.338 e. The van der Waals surface area contributed by atoms with Gasteiger partial charge in [0, 0.05) is 5.92 Å². The molecule has 0 saturated carbocycles. The minimum Gasteiger partial charge on any atom is -0.338 e. The van der Waals surface area contributed by atoms with E-state index in [0.29, 0.717) is 11.8 Å². The fourth-order valence-corrected chi connectivity index (χ4v) is 2.70. The molecule has 1 heterocycles. The maximum atomic E-state index is 5.34. The molecule has 0 amide bonds. The molecule has 2 atom stereocenters. The van der Waals surface area contributed by atoms with E-state index < -0.39 is 0 Å². The van der Waals surface area contributed by atoms with Crippen molar-refractivity contribution in [3.05, 3.63) is 47.1 Å². The highest BCUT2D eigenvalue weighted by Gasteiger charge is 2.28. The molecular formula is C14H15BrN2O. The van der Waals surface area contributed by atoms with Crippen molar-refractivity contribution in [3.63, 3.8) is 0 Å². The molecule has 94 valence electrons. The lowest BCUT2D eigenvalue weighted by Gasteiger charge is -2.05. The summed E-state index contributed by atoms with van der Waals surface area (Å²) in [6.45, 7) is 2.09. The van der Waals surface area contributed by atoms with Crippen molar-refractivity contribution in [1.29, 1.82) is 0 Å². The van der Waals surface area contributed by atoms with Crippen molar-refractivity contribution in [2.24, 2.45) is 0 Å². The van der Waals surface area contributed by atoms with E-state index in [-0.39, 0.29) is 4.83 Å². The summed E-state index contributed by atoms with van der Waals surface area (Å²) in [4.78, 5) is 4.70. The van der Waals surface area contributed by atoms with Crippen molar-refractivity contribution >= 4 is 15.9 Å². The molecule has 2 unspecified atom stereocenters. The molecule has 3 rings (SSSR count). The highest BCUT2D eigenvalue weighted by molar-refractivity contribution is 9.09. The molecule has 3 nitrogen and oxygen atoms in total. The molecular weight excluding hydrogens is 292 g/mol. The van der Waals surface area contributed by atoms with E-state index >= 15 is 0 Å². The average molecular weight is 307 g/mol. The molecule has 0 radical (unpaired) electrons. The fourth-order valence-electron chi connectivity index (χ4n) is 2.52. The van der Waals surface area contributed by atoms with Crippen LogP contribution < -0.4 is 0 Å². The lowest BCUT2D eigenvalue weighted by molar-refractivity contribution is 0.369. The maximum Gasteiger partial charge on any atom is 0.240 e. The number of hydrogen-bond donors (Lipinski definition) is 0. The molecule has 0 fully saturated rings. The number of halogens is 1. The van der Waals surface area contributed by atoms with Crippen molar-refractivity contribution < 1.29 is 4.52 Å². The Labute approximate surface area is 115 Å². The third-order valence-corrected chi connectivity index (χ3v) is 4.57. The third-order valence-electron chi connectivity index (χ3n) is 3.53. The van der Waals surface area contributed by atoms with Crippen molar-refractivity contribution in [2.45, 2.75) is 36.9 Å². The summed E-state index contributed by atoms with van der Waals surface area (Å²) in [5.74, 6) is 1.82. The molecule has 0 N–H and O–H groups in total. The van der Waals surface area contributed by atoms with Crippen molar-refractivity contribution in [3.8, 4) is 0 Å². The van der Waals surface area contributed by atoms with E-state index in [1.807, 2.05) is 0 Å². The Morgan fingerprint density at radius 3 is 3.11 bits per heavy atom. The Morgan fingerprint density at radius 2 is 2.28 bits per heavy atom. The van der Waals surface area contributed by atoms with Crippen LogP contribution in [0.2, 0.25) is 0 Å². The van der Waals surface area contributed by atoms with Gasteiger partial charge in [-0.25, -0.2) is 0 Å². The monoisotopic (exact) mass is 306 g/mol. The maximum absolute atomic E-state index is 5.34. The summed E-state index contributed by atoms with van der Waals surface area (Å²) in [6, 6.07) is 8.54. The van der Waals surface area contributed by atoms with Gasteiger partial charge in [0.1, 0.15) is 0 Å². The predicted octanol–water partition coefficient (Wildman–Crippen LogP) is 3.99. The van der Waals surface area contributed by atoms with Crippen LogP contribution in [0.3, 0.4) is 0 Å². The van der Waals surface area contributed by atoms with Gasteiger partial charge < -0.3 is 4.52 Å². The Morgan fingerprint density at radius 1 is 1.44 bits per heavy atom. The van der Waals surface area contributed by atoms with Crippen LogP contribution >= 0.6 is 15.9 Å². The predicted molar refractivity (Wildman–Crippen MR) is 72.9 cm³/mol. The Balaban J connectivity index is 1.91. The Bertz CT molecular complexity index is 552. The Kier molecular flexibility index (Phi) is 3.20. The van der Waals surface area contributed by atoms with Crippen molar-refractivity contribution in [1.82, 2.24) is 10.1 Å². The van der Waals surface area contributed by atoms with E-state index in [9.17, 15) is 0 Å². The van der Waals surface area contributed by atoms with Gasteiger partial charge in [0.15, 0.2) is 5.82 Å². The first-order chi connectivity index (χ1) is 8.79. The first-order valence-corrected chi connectivity index (χ1v) is 7.26. The van der Waals surface area contributed by atoms with Crippen LogP contribution in [-0.2, 0) is 6.42 Å². The summed E-state index contributed by atoms with van der Waals surface area (Å²) in [5, 5.41) is 4.15. The number of hydrogen-bond acceptors (Lipinski definition) is 3. The second-order valence-electron chi connectivity index (χ2n) is 4.66. The van der Waals surface area contributed by atoms with Gasteiger partial charge in [-0.3, -0.25) is 0 Å². The summed E-state index contributed by atoms with van der Waals surface area (Å²) >= 11 is 3.54. The first kappa shape index (κ1) is 11.9. The normalized spacial score (nSPS) is 19.8.